The van der Waals surface area contributed by atoms with Gasteiger partial charge in [0.15, 0.2) is 12.4 Å². The number of carbonyl (C=O) groups excluding carboxylic acids is 2. The van der Waals surface area contributed by atoms with Crippen molar-refractivity contribution in [2.24, 2.45) is 0 Å². The number of ether oxygens (including phenoxy) is 3. The number of carbonyl (C=O) groups is 2. The van der Waals surface area contributed by atoms with E-state index >= 15 is 0 Å². The van der Waals surface area contributed by atoms with Gasteiger partial charge in [0.05, 0.1) is 7.11 Å². The van der Waals surface area contributed by atoms with E-state index in [1.54, 1.807) is 37.4 Å². The van der Waals surface area contributed by atoms with Gasteiger partial charge in [0.1, 0.15) is 18.1 Å². The smallest absolute Gasteiger partial charge is 0.344 e. The van der Waals surface area contributed by atoms with E-state index in [2.05, 4.69) is 0 Å². The Hall–Kier alpha value is -2.82. The lowest BCUT2D eigenvalue weighted by atomic mass is 10.1. The molecule has 0 saturated heterocycles. The van der Waals surface area contributed by atoms with Gasteiger partial charge in [0, 0.05) is 12.0 Å². The lowest BCUT2D eigenvalue weighted by Crippen LogP contribution is -2.14. The Labute approximate surface area is 141 Å². The molecular formula is C19H20O5. The molecule has 5 heteroatoms. The molecule has 24 heavy (non-hydrogen) atoms. The fourth-order valence-corrected chi connectivity index (χ4v) is 2.05. The van der Waals surface area contributed by atoms with Gasteiger partial charge in [-0.25, -0.2) is 4.79 Å². The molecule has 0 aliphatic rings. The van der Waals surface area contributed by atoms with Crippen LogP contribution in [0, 0.1) is 0 Å². The second-order valence-electron chi connectivity index (χ2n) is 5.10. The fraction of sp³-hybridized carbons (Fsp3) is 0.263. The molecular weight excluding hydrogens is 308 g/mol. The Morgan fingerprint density at radius 1 is 1.00 bits per heavy atom. The Kier molecular flexibility index (Phi) is 6.37. The third-order valence-corrected chi connectivity index (χ3v) is 3.39. The molecule has 126 valence electrons. The molecule has 0 fully saturated rings. The summed E-state index contributed by atoms with van der Waals surface area (Å²) in [4.78, 5) is 23.3. The Morgan fingerprint density at radius 3 is 2.42 bits per heavy atom. The maximum Gasteiger partial charge on any atom is 0.344 e. The van der Waals surface area contributed by atoms with Gasteiger partial charge < -0.3 is 14.2 Å². The van der Waals surface area contributed by atoms with Crippen molar-refractivity contribution in [2.75, 3.05) is 13.7 Å². The monoisotopic (exact) mass is 328 g/mol. The van der Waals surface area contributed by atoms with Crippen LogP contribution in [0.15, 0.2) is 48.5 Å². The van der Waals surface area contributed by atoms with Gasteiger partial charge in [-0.3, -0.25) is 4.79 Å². The van der Waals surface area contributed by atoms with E-state index in [9.17, 15) is 9.59 Å². The number of hydrogen-bond acceptors (Lipinski definition) is 5. The van der Waals surface area contributed by atoms with Crippen molar-refractivity contribution in [1.29, 1.82) is 0 Å². The van der Waals surface area contributed by atoms with Crippen LogP contribution in [0.1, 0.15) is 29.3 Å². The molecule has 0 aliphatic carbocycles. The highest BCUT2D eigenvalue weighted by molar-refractivity contribution is 5.95. The summed E-state index contributed by atoms with van der Waals surface area (Å²) in [6.07, 6.45) is 0.455. The zero-order chi connectivity index (χ0) is 17.4. The van der Waals surface area contributed by atoms with Crippen molar-refractivity contribution < 1.29 is 23.8 Å². The van der Waals surface area contributed by atoms with Gasteiger partial charge >= 0.3 is 5.97 Å². The molecule has 0 aromatic heterocycles. The van der Waals surface area contributed by atoms with Crippen LogP contribution in [0.4, 0.5) is 0 Å². The van der Waals surface area contributed by atoms with Crippen LogP contribution >= 0.6 is 0 Å². The fourth-order valence-electron chi connectivity index (χ4n) is 2.05. The van der Waals surface area contributed by atoms with Crippen LogP contribution < -0.4 is 9.47 Å². The highest BCUT2D eigenvalue weighted by Gasteiger charge is 2.07. The molecule has 0 bridgehead atoms. The van der Waals surface area contributed by atoms with Crippen LogP contribution in [0.5, 0.6) is 11.5 Å². The van der Waals surface area contributed by atoms with Crippen LogP contribution in [0.2, 0.25) is 0 Å². The summed E-state index contributed by atoms with van der Waals surface area (Å²) in [6.45, 7) is 1.78. The van der Waals surface area contributed by atoms with Gasteiger partial charge in [-0.05, 0) is 42.0 Å². The SMILES string of the molecule is CCC(=O)c1ccc(OCC(=O)OCc2cccc(OC)c2)cc1. The first kappa shape index (κ1) is 17.5. The summed E-state index contributed by atoms with van der Waals surface area (Å²) >= 11 is 0. The van der Waals surface area contributed by atoms with Gasteiger partial charge in [-0.2, -0.15) is 0 Å². The van der Waals surface area contributed by atoms with Crippen LogP contribution in [0.3, 0.4) is 0 Å². The first-order chi connectivity index (χ1) is 11.6. The lowest BCUT2D eigenvalue weighted by Gasteiger charge is -2.08. The van der Waals surface area contributed by atoms with Crippen LogP contribution in [0.25, 0.3) is 0 Å². The zero-order valence-electron chi connectivity index (χ0n) is 13.8. The summed E-state index contributed by atoms with van der Waals surface area (Å²) in [5.74, 6) is 0.827. The van der Waals surface area contributed by atoms with E-state index in [1.807, 2.05) is 25.1 Å². The zero-order valence-corrected chi connectivity index (χ0v) is 13.8. The Balaban J connectivity index is 1.79. The third-order valence-electron chi connectivity index (χ3n) is 3.39. The molecule has 0 saturated carbocycles. The van der Waals surface area contributed by atoms with E-state index in [4.69, 9.17) is 14.2 Å². The molecule has 0 amide bonds. The predicted octanol–water partition coefficient (Wildman–Crippen LogP) is 3.41. The van der Waals surface area contributed by atoms with E-state index < -0.39 is 5.97 Å². The molecule has 0 atom stereocenters. The van der Waals surface area contributed by atoms with Crippen molar-refractivity contribution >= 4 is 11.8 Å². The molecule has 5 nitrogen and oxygen atoms in total. The molecule has 0 aliphatic heterocycles. The van der Waals surface area contributed by atoms with Gasteiger partial charge in [-0.15, -0.1) is 0 Å². The van der Waals surface area contributed by atoms with Gasteiger partial charge in [0.25, 0.3) is 0 Å². The summed E-state index contributed by atoms with van der Waals surface area (Å²) in [5.41, 5.74) is 1.47. The van der Waals surface area contributed by atoms with Crippen LogP contribution in [-0.4, -0.2) is 25.5 Å². The highest BCUT2D eigenvalue weighted by atomic mass is 16.6. The quantitative estimate of drug-likeness (QED) is 0.549. The normalized spacial score (nSPS) is 10.1. The second-order valence-corrected chi connectivity index (χ2v) is 5.10. The summed E-state index contributed by atoms with van der Waals surface area (Å²) in [6, 6.07) is 14.0. The van der Waals surface area contributed by atoms with E-state index in [1.165, 1.54) is 0 Å². The van der Waals surface area contributed by atoms with Crippen molar-refractivity contribution in [3.63, 3.8) is 0 Å². The van der Waals surface area contributed by atoms with Crippen molar-refractivity contribution in [1.82, 2.24) is 0 Å². The summed E-state index contributed by atoms with van der Waals surface area (Å²) in [7, 11) is 1.58. The average Bonchev–Trinajstić information content (AvgIpc) is 2.64. The molecule has 2 aromatic rings. The minimum atomic E-state index is -0.466. The predicted molar refractivity (Wildman–Crippen MR) is 89.3 cm³/mol. The van der Waals surface area contributed by atoms with E-state index in [0.717, 1.165) is 5.56 Å². The largest absolute Gasteiger partial charge is 0.497 e. The highest BCUT2D eigenvalue weighted by Crippen LogP contribution is 2.15. The molecule has 0 heterocycles. The number of methoxy groups -OCH3 is 1. The number of Topliss-reactive ketones (excluding diaryl/α,β-unsaturated/α-hetero) is 1. The Morgan fingerprint density at radius 2 is 1.75 bits per heavy atom. The van der Waals surface area contributed by atoms with Gasteiger partial charge in [0.2, 0.25) is 0 Å². The van der Waals surface area contributed by atoms with Crippen LogP contribution in [-0.2, 0) is 16.1 Å². The topological polar surface area (TPSA) is 61.8 Å². The van der Waals surface area contributed by atoms with Gasteiger partial charge in [-0.1, -0.05) is 19.1 Å². The van der Waals surface area contributed by atoms with E-state index in [-0.39, 0.29) is 19.0 Å². The first-order valence-electron chi connectivity index (χ1n) is 7.67. The number of benzene rings is 2. The lowest BCUT2D eigenvalue weighted by molar-refractivity contribution is -0.147. The third kappa shape index (κ3) is 5.12. The number of rotatable bonds is 8. The molecule has 0 unspecified atom stereocenters. The summed E-state index contributed by atoms with van der Waals surface area (Å²) in [5, 5.41) is 0. The second kappa shape index (κ2) is 8.72. The molecule has 2 aromatic carbocycles. The number of ketones is 1. The average molecular weight is 328 g/mol. The maximum atomic E-state index is 11.7. The maximum absolute atomic E-state index is 11.7. The minimum Gasteiger partial charge on any atom is -0.497 e. The molecule has 0 spiro atoms. The van der Waals surface area contributed by atoms with Crippen molar-refractivity contribution in [2.45, 2.75) is 20.0 Å². The number of hydrogen-bond donors (Lipinski definition) is 0. The Bertz CT molecular complexity index is 691. The van der Waals surface area contributed by atoms with Crippen molar-refractivity contribution in [3.8, 4) is 11.5 Å². The van der Waals surface area contributed by atoms with E-state index in [0.29, 0.717) is 23.5 Å². The molecule has 0 N–H and O–H groups in total. The molecule has 0 radical (unpaired) electrons. The standard InChI is InChI=1S/C19H20O5/c1-3-18(20)15-7-9-16(10-8-15)23-13-19(21)24-12-14-5-4-6-17(11-14)22-2/h4-11H,3,12-13H2,1-2H3. The summed E-state index contributed by atoms with van der Waals surface area (Å²) < 4.78 is 15.6. The minimum absolute atomic E-state index is 0.0687. The first-order valence-corrected chi connectivity index (χ1v) is 7.67. The molecule has 2 rings (SSSR count). The number of esters is 1. The van der Waals surface area contributed by atoms with Crippen molar-refractivity contribution in [3.05, 3.63) is 59.7 Å².